The lowest BCUT2D eigenvalue weighted by Gasteiger charge is -2.15. The van der Waals surface area contributed by atoms with Gasteiger partial charge in [0.25, 0.3) is 0 Å². The Bertz CT molecular complexity index is 299. The number of nitrogens with two attached hydrogens (primary N) is 1. The van der Waals surface area contributed by atoms with Crippen molar-refractivity contribution >= 4 is 24.2 Å². The van der Waals surface area contributed by atoms with E-state index < -0.39 is 12.2 Å². The molecule has 0 saturated carbocycles. The monoisotopic (exact) mass is 257 g/mol. The van der Waals surface area contributed by atoms with Crippen molar-refractivity contribution in [3.05, 3.63) is 29.8 Å². The predicted molar refractivity (Wildman–Crippen MR) is 58.5 cm³/mol. The van der Waals surface area contributed by atoms with E-state index in [1.165, 1.54) is 23.9 Å². The molecule has 1 rings (SSSR count). The summed E-state index contributed by atoms with van der Waals surface area (Å²) >= 11 is 1.47. The third-order valence-corrected chi connectivity index (χ3v) is 2.57. The third kappa shape index (κ3) is 3.93. The largest absolute Gasteiger partial charge is 0.407 e. The van der Waals surface area contributed by atoms with Gasteiger partial charge in [-0.05, 0) is 24.0 Å². The second-order valence-electron chi connectivity index (χ2n) is 2.79. The molecule has 1 nitrogen and oxygen atoms in total. The first-order valence-electron chi connectivity index (χ1n) is 3.91. The average Bonchev–Trinajstić information content (AvgIpc) is 2.15. The summed E-state index contributed by atoms with van der Waals surface area (Å²) in [5.74, 6) is 0. The molecule has 0 saturated heterocycles. The van der Waals surface area contributed by atoms with Crippen LogP contribution in [0.1, 0.15) is 11.6 Å². The van der Waals surface area contributed by atoms with Crippen LogP contribution < -0.4 is 5.73 Å². The van der Waals surface area contributed by atoms with Crippen LogP contribution in [0.25, 0.3) is 0 Å². The van der Waals surface area contributed by atoms with Gasteiger partial charge in [-0.25, -0.2) is 0 Å². The molecule has 0 aliphatic carbocycles. The Morgan fingerprint density at radius 1 is 1.20 bits per heavy atom. The maximum atomic E-state index is 12.2. The van der Waals surface area contributed by atoms with E-state index in [0.29, 0.717) is 0 Å². The van der Waals surface area contributed by atoms with Crippen LogP contribution in [0.2, 0.25) is 0 Å². The molecule has 1 atom stereocenters. The molecule has 0 amide bonds. The molecule has 86 valence electrons. The van der Waals surface area contributed by atoms with Gasteiger partial charge < -0.3 is 5.73 Å². The van der Waals surface area contributed by atoms with Crippen LogP contribution in [-0.2, 0) is 0 Å². The van der Waals surface area contributed by atoms with Crippen LogP contribution in [-0.4, -0.2) is 12.4 Å². The number of hydrogen-bond donors (Lipinski definition) is 1. The Labute approximate surface area is 96.6 Å². The van der Waals surface area contributed by atoms with Crippen molar-refractivity contribution in [3.8, 4) is 0 Å². The van der Waals surface area contributed by atoms with Crippen molar-refractivity contribution in [2.75, 3.05) is 6.26 Å². The highest BCUT2D eigenvalue weighted by molar-refractivity contribution is 7.98. The lowest BCUT2D eigenvalue weighted by atomic mass is 10.1. The quantitative estimate of drug-likeness (QED) is 0.822. The lowest BCUT2D eigenvalue weighted by molar-refractivity contribution is -0.149. The highest BCUT2D eigenvalue weighted by atomic mass is 35.5. The van der Waals surface area contributed by atoms with Gasteiger partial charge >= 0.3 is 6.18 Å². The minimum absolute atomic E-state index is 0. The van der Waals surface area contributed by atoms with Crippen molar-refractivity contribution in [3.63, 3.8) is 0 Å². The molecule has 0 fully saturated rings. The Hall–Kier alpha value is -0.390. The molecule has 0 heterocycles. The van der Waals surface area contributed by atoms with E-state index >= 15 is 0 Å². The number of halogens is 4. The molecule has 1 aromatic carbocycles. The van der Waals surface area contributed by atoms with Crippen LogP contribution in [0, 0.1) is 0 Å². The fraction of sp³-hybridized carbons (Fsp3) is 0.333. The first kappa shape index (κ1) is 14.6. The van der Waals surface area contributed by atoms with Gasteiger partial charge in [0, 0.05) is 4.90 Å². The van der Waals surface area contributed by atoms with Crippen molar-refractivity contribution in [1.82, 2.24) is 0 Å². The van der Waals surface area contributed by atoms with Crippen molar-refractivity contribution in [2.24, 2.45) is 5.73 Å². The van der Waals surface area contributed by atoms with Crippen LogP contribution >= 0.6 is 24.2 Å². The first-order chi connectivity index (χ1) is 6.45. The number of alkyl halides is 3. The van der Waals surface area contributed by atoms with Crippen LogP contribution in [0.5, 0.6) is 0 Å². The zero-order valence-corrected chi connectivity index (χ0v) is 9.55. The SMILES string of the molecule is CSc1ccc([C@H](N)C(F)(F)F)cc1.Cl. The summed E-state index contributed by atoms with van der Waals surface area (Å²) in [5.41, 5.74) is 5.12. The van der Waals surface area contributed by atoms with E-state index in [2.05, 4.69) is 0 Å². The van der Waals surface area contributed by atoms with E-state index in [0.717, 1.165) is 4.90 Å². The normalized spacial score (nSPS) is 13.1. The number of thioether (sulfide) groups is 1. The topological polar surface area (TPSA) is 26.0 Å². The fourth-order valence-electron chi connectivity index (χ4n) is 1.00. The van der Waals surface area contributed by atoms with Gasteiger partial charge in [0.1, 0.15) is 6.04 Å². The molecule has 2 N–H and O–H groups in total. The second kappa shape index (κ2) is 5.63. The van der Waals surface area contributed by atoms with Crippen molar-refractivity contribution in [2.45, 2.75) is 17.1 Å². The number of benzene rings is 1. The standard InChI is InChI=1S/C9H10F3NS.ClH/c1-14-7-4-2-6(3-5-7)8(13)9(10,11)12;/h2-5,8H,13H2,1H3;1H/t8-;/m0./s1. The highest BCUT2D eigenvalue weighted by Gasteiger charge is 2.37. The molecule has 0 unspecified atom stereocenters. The van der Waals surface area contributed by atoms with Crippen LogP contribution in [0.15, 0.2) is 29.2 Å². The zero-order chi connectivity index (χ0) is 10.8. The van der Waals surface area contributed by atoms with Gasteiger partial charge in [-0.2, -0.15) is 13.2 Å². The van der Waals surface area contributed by atoms with Gasteiger partial charge in [-0.1, -0.05) is 12.1 Å². The van der Waals surface area contributed by atoms with Gasteiger partial charge in [0.05, 0.1) is 0 Å². The molecule has 0 spiro atoms. The summed E-state index contributed by atoms with van der Waals surface area (Å²) in [6.07, 6.45) is -2.51. The van der Waals surface area contributed by atoms with Gasteiger partial charge in [-0.3, -0.25) is 0 Å². The van der Waals surface area contributed by atoms with Crippen LogP contribution in [0.4, 0.5) is 13.2 Å². The predicted octanol–water partition coefficient (Wildman–Crippen LogP) is 3.39. The third-order valence-electron chi connectivity index (χ3n) is 1.83. The Balaban J connectivity index is 0.00000196. The molecule has 0 bridgehead atoms. The van der Waals surface area contributed by atoms with E-state index in [1.807, 2.05) is 6.26 Å². The smallest absolute Gasteiger partial charge is 0.316 e. The molecule has 15 heavy (non-hydrogen) atoms. The summed E-state index contributed by atoms with van der Waals surface area (Å²) in [6.45, 7) is 0. The van der Waals surface area contributed by atoms with Crippen LogP contribution in [0.3, 0.4) is 0 Å². The van der Waals surface area contributed by atoms with E-state index in [4.69, 9.17) is 5.73 Å². The molecule has 0 aliphatic heterocycles. The molecular formula is C9H11ClF3NS. The Kier molecular flexibility index (Phi) is 5.48. The Morgan fingerprint density at radius 3 is 2.00 bits per heavy atom. The van der Waals surface area contributed by atoms with E-state index in [-0.39, 0.29) is 18.0 Å². The molecule has 0 aliphatic rings. The summed E-state index contributed by atoms with van der Waals surface area (Å²) in [6, 6.07) is 4.18. The van der Waals surface area contributed by atoms with Crippen molar-refractivity contribution in [1.29, 1.82) is 0 Å². The number of hydrogen-bond acceptors (Lipinski definition) is 2. The molecule has 0 aromatic heterocycles. The van der Waals surface area contributed by atoms with Gasteiger partial charge in [0.2, 0.25) is 0 Å². The molecule has 1 aromatic rings. The van der Waals surface area contributed by atoms with Crippen molar-refractivity contribution < 1.29 is 13.2 Å². The summed E-state index contributed by atoms with van der Waals surface area (Å²) in [7, 11) is 0. The minimum Gasteiger partial charge on any atom is -0.316 e. The summed E-state index contributed by atoms with van der Waals surface area (Å²) < 4.78 is 36.6. The van der Waals surface area contributed by atoms with E-state index in [9.17, 15) is 13.2 Å². The minimum atomic E-state index is -4.37. The molecule has 0 radical (unpaired) electrons. The average molecular weight is 258 g/mol. The molecular weight excluding hydrogens is 247 g/mol. The van der Waals surface area contributed by atoms with E-state index in [1.54, 1.807) is 12.1 Å². The highest BCUT2D eigenvalue weighted by Crippen LogP contribution is 2.31. The fourth-order valence-corrected chi connectivity index (χ4v) is 1.41. The molecule has 6 heteroatoms. The zero-order valence-electron chi connectivity index (χ0n) is 7.91. The second-order valence-corrected chi connectivity index (χ2v) is 3.67. The maximum absolute atomic E-state index is 12.2. The summed E-state index contributed by atoms with van der Waals surface area (Å²) in [5, 5.41) is 0. The number of rotatable bonds is 2. The lowest BCUT2D eigenvalue weighted by Crippen LogP contribution is -2.28. The Morgan fingerprint density at radius 2 is 1.67 bits per heavy atom. The maximum Gasteiger partial charge on any atom is 0.407 e. The first-order valence-corrected chi connectivity index (χ1v) is 5.14. The summed E-state index contributed by atoms with van der Waals surface area (Å²) in [4.78, 5) is 0.920. The van der Waals surface area contributed by atoms with Gasteiger partial charge in [0.15, 0.2) is 0 Å². The van der Waals surface area contributed by atoms with Gasteiger partial charge in [-0.15, -0.1) is 24.2 Å².